The van der Waals surface area contributed by atoms with E-state index in [1.165, 1.54) is 18.2 Å². The van der Waals surface area contributed by atoms with Crippen molar-refractivity contribution in [2.45, 2.75) is 12.5 Å². The highest BCUT2D eigenvalue weighted by molar-refractivity contribution is 5.57. The van der Waals surface area contributed by atoms with Crippen LogP contribution < -0.4 is 15.2 Å². The fourth-order valence-electron chi connectivity index (χ4n) is 3.29. The lowest BCUT2D eigenvalue weighted by molar-refractivity contribution is 0.306. The minimum Gasteiger partial charge on any atom is -0.508 e. The van der Waals surface area contributed by atoms with Crippen LogP contribution in [0.4, 0.5) is 4.39 Å². The lowest BCUT2D eigenvalue weighted by Crippen LogP contribution is -2.20. The fraction of sp³-hybridized carbons (Fsp3) is 0.0870. The van der Waals surface area contributed by atoms with Crippen molar-refractivity contribution in [2.75, 3.05) is 0 Å². The third-order valence-corrected chi connectivity index (χ3v) is 4.73. The molecule has 0 unspecified atom stereocenters. The number of phenols is 1. The summed E-state index contributed by atoms with van der Waals surface area (Å²) in [5, 5.41) is 19.3. The maximum absolute atomic E-state index is 13.0. The van der Waals surface area contributed by atoms with Crippen LogP contribution in [0.15, 0.2) is 78.2 Å². The van der Waals surface area contributed by atoms with Crippen molar-refractivity contribution in [3.8, 4) is 23.3 Å². The summed E-state index contributed by atoms with van der Waals surface area (Å²) in [7, 11) is 0. The van der Waals surface area contributed by atoms with Gasteiger partial charge in [0.2, 0.25) is 5.88 Å². The number of phenolic OH excluding ortho intramolecular Hbond substituents is 1. The molecule has 1 heterocycles. The summed E-state index contributed by atoms with van der Waals surface area (Å²) >= 11 is 0. The Morgan fingerprint density at radius 1 is 1.07 bits per heavy atom. The van der Waals surface area contributed by atoms with Crippen LogP contribution in [-0.2, 0) is 6.61 Å². The molecule has 0 saturated heterocycles. The maximum Gasteiger partial charge on any atom is 0.205 e. The third-order valence-electron chi connectivity index (χ3n) is 4.73. The van der Waals surface area contributed by atoms with E-state index in [1.807, 2.05) is 12.1 Å². The van der Waals surface area contributed by atoms with Gasteiger partial charge in [0.15, 0.2) is 0 Å². The van der Waals surface area contributed by atoms with E-state index >= 15 is 0 Å². The largest absolute Gasteiger partial charge is 0.508 e. The summed E-state index contributed by atoms with van der Waals surface area (Å²) in [6.07, 6.45) is 0. The molecule has 0 amide bonds. The predicted octanol–water partition coefficient (Wildman–Crippen LogP) is 4.33. The van der Waals surface area contributed by atoms with Gasteiger partial charge in [-0.3, -0.25) is 0 Å². The quantitative estimate of drug-likeness (QED) is 0.695. The molecule has 0 aromatic heterocycles. The van der Waals surface area contributed by atoms with Gasteiger partial charge in [-0.1, -0.05) is 30.3 Å². The Bertz CT molecular complexity index is 1120. The number of fused-ring (bicyclic) bond motifs is 1. The van der Waals surface area contributed by atoms with Gasteiger partial charge in [0.1, 0.15) is 41.3 Å². The van der Waals surface area contributed by atoms with Crippen molar-refractivity contribution in [1.82, 2.24) is 0 Å². The lowest BCUT2D eigenvalue weighted by atomic mass is 9.83. The van der Waals surface area contributed by atoms with Crippen molar-refractivity contribution >= 4 is 0 Å². The van der Waals surface area contributed by atoms with E-state index in [0.717, 1.165) is 16.7 Å². The SMILES string of the molecule is N#CC1=C(N)Oc2cc(O)ccc2[C@H]1c1ccc(OCc2ccc(F)cc2)cc1. The Hall–Kier alpha value is -3.98. The second kappa shape index (κ2) is 7.56. The van der Waals surface area contributed by atoms with E-state index in [9.17, 15) is 14.8 Å². The molecule has 0 spiro atoms. The molecule has 3 N–H and O–H groups in total. The van der Waals surface area contributed by atoms with Gasteiger partial charge in [0.05, 0.1) is 5.92 Å². The number of nitrogens with two attached hydrogens (primary N) is 1. The first kappa shape index (κ1) is 18.4. The molecule has 1 aliphatic rings. The molecule has 0 radical (unpaired) electrons. The number of aromatic hydroxyl groups is 1. The second-order valence-corrected chi connectivity index (χ2v) is 6.63. The average molecular weight is 388 g/mol. The van der Waals surface area contributed by atoms with Crippen molar-refractivity contribution in [1.29, 1.82) is 5.26 Å². The average Bonchev–Trinajstić information content (AvgIpc) is 2.72. The first-order valence-corrected chi connectivity index (χ1v) is 8.93. The highest BCUT2D eigenvalue weighted by Crippen LogP contribution is 2.43. The molecule has 5 nitrogen and oxygen atoms in total. The number of ether oxygens (including phenoxy) is 2. The van der Waals surface area contributed by atoms with Gasteiger partial charge in [-0.05, 0) is 41.5 Å². The van der Waals surface area contributed by atoms with Gasteiger partial charge in [-0.25, -0.2) is 4.39 Å². The monoisotopic (exact) mass is 388 g/mol. The molecule has 0 aliphatic carbocycles. The number of hydrogen-bond donors (Lipinski definition) is 2. The lowest BCUT2D eigenvalue weighted by Gasteiger charge is -2.26. The van der Waals surface area contributed by atoms with E-state index in [2.05, 4.69) is 6.07 Å². The molecule has 0 fully saturated rings. The van der Waals surface area contributed by atoms with Crippen LogP contribution in [0.2, 0.25) is 0 Å². The van der Waals surface area contributed by atoms with Crippen LogP contribution in [0.1, 0.15) is 22.6 Å². The Kier molecular flexibility index (Phi) is 4.80. The molecule has 6 heteroatoms. The Morgan fingerprint density at radius 2 is 1.79 bits per heavy atom. The fourth-order valence-corrected chi connectivity index (χ4v) is 3.29. The van der Waals surface area contributed by atoms with Crippen molar-refractivity contribution < 1.29 is 19.0 Å². The molecular weight excluding hydrogens is 371 g/mol. The molecule has 0 saturated carbocycles. The van der Waals surface area contributed by atoms with Gasteiger partial charge in [0, 0.05) is 11.6 Å². The van der Waals surface area contributed by atoms with Crippen molar-refractivity contribution in [3.05, 3.63) is 101 Å². The predicted molar refractivity (Wildman–Crippen MR) is 105 cm³/mol. The molecule has 3 aromatic rings. The topological polar surface area (TPSA) is 88.5 Å². The number of allylic oxidation sites excluding steroid dienone is 1. The molecule has 1 atom stereocenters. The van der Waals surface area contributed by atoms with Gasteiger partial charge >= 0.3 is 0 Å². The zero-order valence-corrected chi connectivity index (χ0v) is 15.3. The molecule has 144 valence electrons. The smallest absolute Gasteiger partial charge is 0.205 e. The number of hydrogen-bond acceptors (Lipinski definition) is 5. The van der Waals surface area contributed by atoms with E-state index in [4.69, 9.17) is 15.2 Å². The van der Waals surface area contributed by atoms with Crippen LogP contribution in [-0.4, -0.2) is 5.11 Å². The normalized spacial score (nSPS) is 15.2. The molecule has 3 aromatic carbocycles. The Balaban J connectivity index is 1.59. The number of nitrogens with zero attached hydrogens (tertiary/aromatic N) is 1. The van der Waals surface area contributed by atoms with Crippen LogP contribution in [0.3, 0.4) is 0 Å². The van der Waals surface area contributed by atoms with Crippen LogP contribution >= 0.6 is 0 Å². The third kappa shape index (κ3) is 3.71. The number of rotatable bonds is 4. The van der Waals surface area contributed by atoms with E-state index in [1.54, 1.807) is 36.4 Å². The van der Waals surface area contributed by atoms with Gasteiger partial charge in [0.25, 0.3) is 0 Å². The minimum absolute atomic E-state index is 0.0206. The summed E-state index contributed by atoms with van der Waals surface area (Å²) in [6, 6.07) is 20.3. The minimum atomic E-state index is -0.407. The zero-order valence-electron chi connectivity index (χ0n) is 15.3. The number of halogens is 1. The van der Waals surface area contributed by atoms with E-state index < -0.39 is 5.92 Å². The zero-order chi connectivity index (χ0) is 20.4. The van der Waals surface area contributed by atoms with E-state index in [0.29, 0.717) is 23.7 Å². The second-order valence-electron chi connectivity index (χ2n) is 6.63. The molecule has 29 heavy (non-hydrogen) atoms. The highest BCUT2D eigenvalue weighted by Gasteiger charge is 2.30. The summed E-state index contributed by atoms with van der Waals surface area (Å²) in [4.78, 5) is 0. The molecule has 0 bridgehead atoms. The number of nitriles is 1. The molecule has 4 rings (SSSR count). The standard InChI is InChI=1S/C23H17FN2O3/c24-16-5-1-14(2-6-16)13-28-18-8-3-15(4-9-18)22-19-10-7-17(27)11-21(19)29-23(26)20(22)12-25/h1-11,22,27H,13,26H2/t22-/m1/s1. The van der Waals surface area contributed by atoms with Gasteiger partial charge < -0.3 is 20.3 Å². The van der Waals surface area contributed by atoms with Crippen LogP contribution in [0.5, 0.6) is 17.2 Å². The molecule has 1 aliphatic heterocycles. The summed E-state index contributed by atoms with van der Waals surface area (Å²) in [5.41, 5.74) is 8.69. The summed E-state index contributed by atoms with van der Waals surface area (Å²) < 4.78 is 24.3. The van der Waals surface area contributed by atoms with Crippen molar-refractivity contribution in [3.63, 3.8) is 0 Å². The van der Waals surface area contributed by atoms with Gasteiger partial charge in [-0.15, -0.1) is 0 Å². The number of benzene rings is 3. The summed E-state index contributed by atoms with van der Waals surface area (Å²) in [5.74, 6) is 0.446. The summed E-state index contributed by atoms with van der Waals surface area (Å²) in [6.45, 7) is 0.315. The highest BCUT2D eigenvalue weighted by atomic mass is 19.1. The first-order chi connectivity index (χ1) is 14.0. The van der Waals surface area contributed by atoms with E-state index in [-0.39, 0.29) is 17.4 Å². The first-order valence-electron chi connectivity index (χ1n) is 8.93. The van der Waals surface area contributed by atoms with Crippen LogP contribution in [0.25, 0.3) is 0 Å². The maximum atomic E-state index is 13.0. The van der Waals surface area contributed by atoms with Crippen molar-refractivity contribution in [2.24, 2.45) is 5.73 Å². The Morgan fingerprint density at radius 3 is 2.48 bits per heavy atom. The van der Waals surface area contributed by atoms with Gasteiger partial charge in [-0.2, -0.15) is 5.26 Å². The van der Waals surface area contributed by atoms with Crippen LogP contribution in [0, 0.1) is 17.1 Å². The Labute approximate surface area is 167 Å². The molecular formula is C23H17FN2O3.